The third-order valence-corrected chi connectivity index (χ3v) is 6.25. The lowest BCUT2D eigenvalue weighted by Gasteiger charge is -2.06. The lowest BCUT2D eigenvalue weighted by Crippen LogP contribution is -2.14. The van der Waals surface area contributed by atoms with E-state index in [4.69, 9.17) is 14.2 Å². The van der Waals surface area contributed by atoms with E-state index < -0.39 is 0 Å². The van der Waals surface area contributed by atoms with Crippen molar-refractivity contribution < 1.29 is 23.8 Å². The molecule has 5 heteroatoms. The topological polar surface area (TPSA) is 65.1 Å². The standard InChI is InChI=1S/C27H46O5/c1-4-5-6-7-8-9-10-11-12-13-14-16-22-27(23-17-15-20-25(28)30-2)24(32-27)19-18-21-26(29)31-3/h24H,4-15,17-21,23H2,1-3H3. The van der Waals surface area contributed by atoms with Crippen molar-refractivity contribution in [2.45, 2.75) is 134 Å². The molecule has 0 bridgehead atoms. The van der Waals surface area contributed by atoms with Crippen LogP contribution in [0.2, 0.25) is 0 Å². The number of methoxy groups -OCH3 is 2. The van der Waals surface area contributed by atoms with Crippen LogP contribution in [0.1, 0.15) is 122 Å². The summed E-state index contributed by atoms with van der Waals surface area (Å²) in [6.45, 7) is 2.26. The highest BCUT2D eigenvalue weighted by Gasteiger charge is 2.54. The molecule has 1 rings (SSSR count). The second kappa shape index (κ2) is 18.0. The minimum Gasteiger partial charge on any atom is -0.469 e. The van der Waals surface area contributed by atoms with Crippen LogP contribution in [-0.4, -0.2) is 37.9 Å². The molecule has 0 aromatic heterocycles. The van der Waals surface area contributed by atoms with Gasteiger partial charge in [-0.25, -0.2) is 0 Å². The van der Waals surface area contributed by atoms with Crippen molar-refractivity contribution in [3.63, 3.8) is 0 Å². The van der Waals surface area contributed by atoms with E-state index >= 15 is 0 Å². The summed E-state index contributed by atoms with van der Waals surface area (Å²) in [4.78, 5) is 22.7. The second-order valence-electron chi connectivity index (χ2n) is 8.98. The van der Waals surface area contributed by atoms with E-state index in [0.29, 0.717) is 12.8 Å². The van der Waals surface area contributed by atoms with E-state index in [1.807, 2.05) is 0 Å². The lowest BCUT2D eigenvalue weighted by molar-refractivity contribution is -0.141. The quantitative estimate of drug-likeness (QED) is 0.0970. The first-order chi connectivity index (χ1) is 15.6. The van der Waals surface area contributed by atoms with Crippen LogP contribution in [0.5, 0.6) is 0 Å². The highest BCUT2D eigenvalue weighted by atomic mass is 16.6. The van der Waals surface area contributed by atoms with Crippen LogP contribution in [0.4, 0.5) is 0 Å². The summed E-state index contributed by atoms with van der Waals surface area (Å²) < 4.78 is 15.4. The third kappa shape index (κ3) is 13.1. The number of ether oxygens (including phenoxy) is 3. The van der Waals surface area contributed by atoms with Gasteiger partial charge >= 0.3 is 11.9 Å². The molecule has 1 fully saturated rings. The SMILES string of the molecule is CCCCCCCCCCCCC#CC1(CCCCC(=O)OC)OC1CCCC(=O)OC. The Morgan fingerprint density at radius 1 is 0.781 bits per heavy atom. The van der Waals surface area contributed by atoms with Gasteiger partial charge in [-0.15, -0.1) is 5.92 Å². The molecule has 0 aromatic rings. The van der Waals surface area contributed by atoms with Gasteiger partial charge in [0.2, 0.25) is 0 Å². The molecular formula is C27H46O5. The summed E-state index contributed by atoms with van der Waals surface area (Å²) in [7, 11) is 2.84. The molecule has 2 atom stereocenters. The maximum atomic E-state index is 11.3. The van der Waals surface area contributed by atoms with Crippen LogP contribution in [0, 0.1) is 11.8 Å². The van der Waals surface area contributed by atoms with Crippen molar-refractivity contribution in [1.29, 1.82) is 0 Å². The summed E-state index contributed by atoms with van der Waals surface area (Å²) in [5.41, 5.74) is -0.384. The Bertz CT molecular complexity index is 576. The molecule has 1 aliphatic rings. The van der Waals surface area contributed by atoms with Gasteiger partial charge in [0.05, 0.1) is 20.3 Å². The molecule has 1 heterocycles. The Kier molecular flexibility index (Phi) is 16.0. The number of unbranched alkanes of at least 4 members (excludes halogenated alkanes) is 11. The largest absolute Gasteiger partial charge is 0.469 e. The van der Waals surface area contributed by atoms with E-state index in [1.165, 1.54) is 72.0 Å². The molecule has 2 unspecified atom stereocenters. The monoisotopic (exact) mass is 450 g/mol. The number of epoxide rings is 1. The summed E-state index contributed by atoms with van der Waals surface area (Å²) in [6.07, 6.45) is 19.2. The fourth-order valence-corrected chi connectivity index (χ4v) is 4.11. The van der Waals surface area contributed by atoms with E-state index in [9.17, 15) is 9.59 Å². The Balaban J connectivity index is 2.27. The fourth-order valence-electron chi connectivity index (χ4n) is 4.11. The molecule has 5 nitrogen and oxygen atoms in total. The summed E-state index contributed by atoms with van der Waals surface area (Å²) in [6, 6.07) is 0. The van der Waals surface area contributed by atoms with Crippen LogP contribution >= 0.6 is 0 Å². The summed E-state index contributed by atoms with van der Waals surface area (Å²) >= 11 is 0. The van der Waals surface area contributed by atoms with Gasteiger partial charge < -0.3 is 14.2 Å². The number of carbonyl (C=O) groups excluding carboxylic acids is 2. The molecule has 1 saturated heterocycles. The first kappa shape index (κ1) is 28.5. The van der Waals surface area contributed by atoms with E-state index in [0.717, 1.165) is 44.9 Å². The maximum absolute atomic E-state index is 11.3. The second-order valence-corrected chi connectivity index (χ2v) is 8.98. The Morgan fingerprint density at radius 3 is 1.94 bits per heavy atom. The number of rotatable bonds is 19. The van der Waals surface area contributed by atoms with Crippen molar-refractivity contribution in [2.24, 2.45) is 0 Å². The van der Waals surface area contributed by atoms with Gasteiger partial charge in [0.15, 0.2) is 5.60 Å². The summed E-state index contributed by atoms with van der Waals surface area (Å²) in [5.74, 6) is 6.41. The smallest absolute Gasteiger partial charge is 0.305 e. The average Bonchev–Trinajstić information content (AvgIpc) is 3.49. The van der Waals surface area contributed by atoms with Gasteiger partial charge in [0.1, 0.15) is 0 Å². The highest BCUT2D eigenvalue weighted by molar-refractivity contribution is 5.69. The number of carbonyl (C=O) groups is 2. The molecule has 0 saturated carbocycles. The predicted octanol–water partition coefficient (Wildman–Crippen LogP) is 6.52. The normalized spacial score (nSPS) is 19.2. The molecule has 32 heavy (non-hydrogen) atoms. The van der Waals surface area contributed by atoms with Gasteiger partial charge in [-0.3, -0.25) is 9.59 Å². The van der Waals surface area contributed by atoms with Crippen LogP contribution in [-0.2, 0) is 23.8 Å². The zero-order valence-electron chi connectivity index (χ0n) is 20.8. The van der Waals surface area contributed by atoms with E-state index in [2.05, 4.69) is 18.8 Å². The van der Waals surface area contributed by atoms with Gasteiger partial charge in [-0.2, -0.15) is 0 Å². The van der Waals surface area contributed by atoms with E-state index in [1.54, 1.807) is 0 Å². The minimum atomic E-state index is -0.384. The fraction of sp³-hybridized carbons (Fsp3) is 0.852. The first-order valence-electron chi connectivity index (χ1n) is 12.9. The van der Waals surface area contributed by atoms with Crippen molar-refractivity contribution in [2.75, 3.05) is 14.2 Å². The minimum absolute atomic E-state index is 0.0884. The van der Waals surface area contributed by atoms with Gasteiger partial charge in [-0.1, -0.05) is 70.6 Å². The molecule has 184 valence electrons. The number of hydrogen-bond acceptors (Lipinski definition) is 5. The van der Waals surface area contributed by atoms with Crippen LogP contribution in [0.15, 0.2) is 0 Å². The Hall–Kier alpha value is -1.54. The van der Waals surface area contributed by atoms with Crippen LogP contribution in [0.3, 0.4) is 0 Å². The summed E-state index contributed by atoms with van der Waals surface area (Å²) in [5, 5.41) is 0. The lowest BCUT2D eigenvalue weighted by atomic mass is 9.94. The Labute approximate surface area is 196 Å². The third-order valence-electron chi connectivity index (χ3n) is 6.25. The first-order valence-corrected chi connectivity index (χ1v) is 12.9. The van der Waals surface area contributed by atoms with Crippen molar-refractivity contribution in [3.8, 4) is 11.8 Å². The van der Waals surface area contributed by atoms with Crippen molar-refractivity contribution in [1.82, 2.24) is 0 Å². The van der Waals surface area contributed by atoms with Crippen molar-refractivity contribution >= 4 is 11.9 Å². The number of hydrogen-bond donors (Lipinski definition) is 0. The van der Waals surface area contributed by atoms with Crippen LogP contribution in [0.25, 0.3) is 0 Å². The maximum Gasteiger partial charge on any atom is 0.305 e. The number of esters is 2. The predicted molar refractivity (Wildman–Crippen MR) is 128 cm³/mol. The molecule has 0 aliphatic carbocycles. The van der Waals surface area contributed by atoms with Gasteiger partial charge in [-0.05, 0) is 38.5 Å². The zero-order valence-corrected chi connectivity index (χ0v) is 20.8. The van der Waals surface area contributed by atoms with Crippen molar-refractivity contribution in [3.05, 3.63) is 0 Å². The zero-order chi connectivity index (χ0) is 23.5. The molecule has 0 amide bonds. The van der Waals surface area contributed by atoms with Gasteiger partial charge in [0, 0.05) is 19.3 Å². The Morgan fingerprint density at radius 2 is 1.34 bits per heavy atom. The molecule has 1 aliphatic heterocycles. The molecule has 0 N–H and O–H groups in total. The van der Waals surface area contributed by atoms with Gasteiger partial charge in [0.25, 0.3) is 0 Å². The average molecular weight is 451 g/mol. The molecule has 0 aromatic carbocycles. The molecular weight excluding hydrogens is 404 g/mol. The highest BCUT2D eigenvalue weighted by Crippen LogP contribution is 2.43. The molecule has 0 spiro atoms. The van der Waals surface area contributed by atoms with E-state index in [-0.39, 0.29) is 23.6 Å². The molecule has 0 radical (unpaired) electrons. The van der Waals surface area contributed by atoms with Crippen LogP contribution < -0.4 is 0 Å².